The normalized spacial score (nSPS) is 21.0. The SMILES string of the molecule is OC1(CNCCCC(F)(F)F)CCCCC1. The molecule has 0 bridgehead atoms. The lowest BCUT2D eigenvalue weighted by atomic mass is 9.85. The van der Waals surface area contributed by atoms with Gasteiger partial charge in [0, 0.05) is 13.0 Å². The number of halogens is 3. The van der Waals surface area contributed by atoms with E-state index in [9.17, 15) is 18.3 Å². The first-order valence-electron chi connectivity index (χ1n) is 5.91. The molecule has 0 atom stereocenters. The van der Waals surface area contributed by atoms with Crippen molar-refractivity contribution in [1.29, 1.82) is 0 Å². The fourth-order valence-electron chi connectivity index (χ4n) is 2.12. The van der Waals surface area contributed by atoms with Gasteiger partial charge in [-0.15, -0.1) is 0 Å². The van der Waals surface area contributed by atoms with Gasteiger partial charge in [-0.25, -0.2) is 0 Å². The molecule has 0 radical (unpaired) electrons. The molecule has 1 saturated carbocycles. The maximum atomic E-state index is 11.8. The zero-order valence-corrected chi connectivity index (χ0v) is 9.45. The summed E-state index contributed by atoms with van der Waals surface area (Å²) in [5.41, 5.74) is -0.684. The van der Waals surface area contributed by atoms with Crippen molar-refractivity contribution in [2.75, 3.05) is 13.1 Å². The summed E-state index contributed by atoms with van der Waals surface area (Å²) in [7, 11) is 0. The van der Waals surface area contributed by atoms with E-state index in [0.717, 1.165) is 32.1 Å². The molecular formula is C11H20F3NO. The molecule has 0 unspecified atom stereocenters. The Hall–Kier alpha value is -0.290. The summed E-state index contributed by atoms with van der Waals surface area (Å²) in [6, 6.07) is 0. The average molecular weight is 239 g/mol. The van der Waals surface area contributed by atoms with Crippen molar-refractivity contribution in [3.63, 3.8) is 0 Å². The van der Waals surface area contributed by atoms with Crippen molar-refractivity contribution >= 4 is 0 Å². The van der Waals surface area contributed by atoms with Gasteiger partial charge in [-0.1, -0.05) is 19.3 Å². The van der Waals surface area contributed by atoms with Crippen LogP contribution in [0.3, 0.4) is 0 Å². The molecule has 0 heterocycles. The Balaban J connectivity index is 2.06. The fourth-order valence-corrected chi connectivity index (χ4v) is 2.12. The highest BCUT2D eigenvalue weighted by atomic mass is 19.4. The molecule has 0 spiro atoms. The van der Waals surface area contributed by atoms with Gasteiger partial charge >= 0.3 is 6.18 Å². The summed E-state index contributed by atoms with van der Waals surface area (Å²) in [5.74, 6) is 0. The van der Waals surface area contributed by atoms with Crippen LogP contribution in [0.4, 0.5) is 13.2 Å². The molecule has 0 aliphatic heterocycles. The summed E-state index contributed by atoms with van der Waals surface area (Å²) in [6.45, 7) is 0.743. The van der Waals surface area contributed by atoms with E-state index in [-0.39, 0.29) is 6.42 Å². The topological polar surface area (TPSA) is 32.3 Å². The highest BCUT2D eigenvalue weighted by molar-refractivity contribution is 4.84. The zero-order chi connectivity index (χ0) is 12.1. The van der Waals surface area contributed by atoms with E-state index in [2.05, 4.69) is 5.32 Å². The van der Waals surface area contributed by atoms with E-state index in [1.807, 2.05) is 0 Å². The van der Waals surface area contributed by atoms with Gasteiger partial charge in [0.25, 0.3) is 0 Å². The van der Waals surface area contributed by atoms with Gasteiger partial charge in [-0.3, -0.25) is 0 Å². The van der Waals surface area contributed by atoms with Crippen LogP contribution in [-0.4, -0.2) is 30.0 Å². The zero-order valence-electron chi connectivity index (χ0n) is 9.45. The number of hydrogen-bond donors (Lipinski definition) is 2. The number of rotatable bonds is 5. The molecule has 5 heteroatoms. The molecule has 0 amide bonds. The first kappa shape index (κ1) is 13.8. The fraction of sp³-hybridized carbons (Fsp3) is 1.00. The Morgan fingerprint density at radius 2 is 1.75 bits per heavy atom. The predicted octanol–water partition coefficient (Wildman–Crippen LogP) is 2.61. The van der Waals surface area contributed by atoms with E-state index in [0.29, 0.717) is 13.1 Å². The minimum absolute atomic E-state index is 0.0829. The lowest BCUT2D eigenvalue weighted by Crippen LogP contribution is -2.42. The van der Waals surface area contributed by atoms with Gasteiger partial charge in [0.15, 0.2) is 0 Å². The summed E-state index contributed by atoms with van der Waals surface area (Å²) >= 11 is 0. The summed E-state index contributed by atoms with van der Waals surface area (Å²) in [5, 5.41) is 13.0. The standard InChI is InChI=1S/C11H20F3NO/c12-11(13,14)7-4-8-15-9-10(16)5-2-1-3-6-10/h15-16H,1-9H2. The van der Waals surface area contributed by atoms with Crippen LogP contribution in [0, 0.1) is 0 Å². The average Bonchev–Trinajstić information content (AvgIpc) is 2.16. The van der Waals surface area contributed by atoms with Crippen molar-refractivity contribution in [3.05, 3.63) is 0 Å². The van der Waals surface area contributed by atoms with Crippen molar-refractivity contribution in [2.24, 2.45) is 0 Å². The first-order valence-corrected chi connectivity index (χ1v) is 5.91. The maximum absolute atomic E-state index is 11.8. The molecule has 2 N–H and O–H groups in total. The molecule has 0 saturated heterocycles. The molecule has 1 aliphatic carbocycles. The van der Waals surface area contributed by atoms with Gasteiger partial charge < -0.3 is 10.4 Å². The molecule has 0 aromatic carbocycles. The van der Waals surface area contributed by atoms with Crippen LogP contribution in [0.25, 0.3) is 0 Å². The van der Waals surface area contributed by atoms with Crippen molar-refractivity contribution in [1.82, 2.24) is 5.32 Å². The summed E-state index contributed by atoms with van der Waals surface area (Å²) in [6.07, 6.45) is -0.0299. The third-order valence-electron chi connectivity index (χ3n) is 3.05. The van der Waals surface area contributed by atoms with Gasteiger partial charge in [0.1, 0.15) is 0 Å². The molecule has 0 aromatic rings. The lowest BCUT2D eigenvalue weighted by Gasteiger charge is -2.32. The highest BCUT2D eigenvalue weighted by Gasteiger charge is 2.29. The predicted molar refractivity (Wildman–Crippen MR) is 56.2 cm³/mol. The van der Waals surface area contributed by atoms with Gasteiger partial charge in [0.05, 0.1) is 5.60 Å². The highest BCUT2D eigenvalue weighted by Crippen LogP contribution is 2.27. The smallest absolute Gasteiger partial charge is 0.389 e. The van der Waals surface area contributed by atoms with Gasteiger partial charge in [0.2, 0.25) is 0 Å². The van der Waals surface area contributed by atoms with E-state index in [4.69, 9.17) is 0 Å². The summed E-state index contributed by atoms with van der Waals surface area (Å²) in [4.78, 5) is 0. The minimum atomic E-state index is -4.07. The van der Waals surface area contributed by atoms with Crippen LogP contribution < -0.4 is 5.32 Å². The third kappa shape index (κ3) is 5.70. The maximum Gasteiger partial charge on any atom is 0.389 e. The molecule has 96 valence electrons. The number of nitrogens with one attached hydrogen (secondary N) is 1. The molecule has 2 nitrogen and oxygen atoms in total. The largest absolute Gasteiger partial charge is 0.389 e. The second-order valence-corrected chi connectivity index (χ2v) is 4.68. The third-order valence-corrected chi connectivity index (χ3v) is 3.05. The van der Waals surface area contributed by atoms with E-state index in [1.165, 1.54) is 0 Å². The number of alkyl halides is 3. The molecule has 1 aliphatic rings. The quantitative estimate of drug-likeness (QED) is 0.723. The van der Waals surface area contributed by atoms with E-state index < -0.39 is 18.2 Å². The molecule has 16 heavy (non-hydrogen) atoms. The number of hydrogen-bond acceptors (Lipinski definition) is 2. The Labute approximate surface area is 94.2 Å². The van der Waals surface area contributed by atoms with Crippen LogP contribution in [0.5, 0.6) is 0 Å². The van der Waals surface area contributed by atoms with Crippen molar-refractivity contribution < 1.29 is 18.3 Å². The molecule has 1 fully saturated rings. The van der Waals surface area contributed by atoms with Crippen LogP contribution in [-0.2, 0) is 0 Å². The molecule has 1 rings (SSSR count). The number of aliphatic hydroxyl groups is 1. The van der Waals surface area contributed by atoms with Crippen molar-refractivity contribution in [3.8, 4) is 0 Å². The van der Waals surface area contributed by atoms with Crippen LogP contribution in [0.15, 0.2) is 0 Å². The van der Waals surface area contributed by atoms with Crippen LogP contribution >= 0.6 is 0 Å². The summed E-state index contributed by atoms with van der Waals surface area (Å²) < 4.78 is 35.5. The van der Waals surface area contributed by atoms with Gasteiger partial charge in [-0.05, 0) is 25.8 Å². The Morgan fingerprint density at radius 3 is 2.31 bits per heavy atom. The first-order chi connectivity index (χ1) is 7.41. The second-order valence-electron chi connectivity index (χ2n) is 4.68. The van der Waals surface area contributed by atoms with Crippen molar-refractivity contribution in [2.45, 2.75) is 56.7 Å². The van der Waals surface area contributed by atoms with Crippen LogP contribution in [0.1, 0.15) is 44.9 Å². The van der Waals surface area contributed by atoms with Gasteiger partial charge in [-0.2, -0.15) is 13.2 Å². The van der Waals surface area contributed by atoms with E-state index in [1.54, 1.807) is 0 Å². The Kier molecular flexibility index (Phi) is 5.05. The van der Waals surface area contributed by atoms with E-state index >= 15 is 0 Å². The Bertz CT molecular complexity index is 200. The molecule has 0 aromatic heterocycles. The molecular weight excluding hydrogens is 219 g/mol. The lowest BCUT2D eigenvalue weighted by molar-refractivity contribution is -0.135. The second kappa shape index (κ2) is 5.87. The monoisotopic (exact) mass is 239 g/mol. The van der Waals surface area contributed by atoms with Crippen LogP contribution in [0.2, 0.25) is 0 Å². The Morgan fingerprint density at radius 1 is 1.12 bits per heavy atom. The minimum Gasteiger partial charge on any atom is -0.389 e.